The van der Waals surface area contributed by atoms with E-state index in [1.807, 2.05) is 6.07 Å². The van der Waals surface area contributed by atoms with E-state index >= 15 is 0 Å². The molecule has 0 spiro atoms. The average molecular weight is 213 g/mol. The number of aromatic nitrogens is 1. The quantitative estimate of drug-likeness (QED) is 0.721. The van der Waals surface area contributed by atoms with Gasteiger partial charge in [-0.05, 0) is 18.6 Å². The van der Waals surface area contributed by atoms with Crippen molar-refractivity contribution in [3.05, 3.63) is 29.0 Å². The van der Waals surface area contributed by atoms with Gasteiger partial charge >= 0.3 is 0 Å². The largest absolute Gasteiger partial charge is 0.378 e. The molecule has 2 rings (SSSR count). The van der Waals surface area contributed by atoms with Gasteiger partial charge in [0.25, 0.3) is 0 Å². The van der Waals surface area contributed by atoms with Crippen molar-refractivity contribution in [2.24, 2.45) is 0 Å². The summed E-state index contributed by atoms with van der Waals surface area (Å²) in [7, 11) is 0. The van der Waals surface area contributed by atoms with Gasteiger partial charge < -0.3 is 10.1 Å². The molecule has 0 aromatic carbocycles. The van der Waals surface area contributed by atoms with Crippen molar-refractivity contribution < 1.29 is 4.74 Å². The van der Waals surface area contributed by atoms with E-state index in [9.17, 15) is 0 Å². The predicted molar refractivity (Wildman–Crippen MR) is 55.4 cm³/mol. The predicted octanol–water partition coefficient (Wildman–Crippen LogP) is 1.78. The maximum absolute atomic E-state index is 5.72. The summed E-state index contributed by atoms with van der Waals surface area (Å²) in [6, 6.07) is 4.42. The maximum Gasteiger partial charge on any atom is 0.129 e. The zero-order valence-corrected chi connectivity index (χ0v) is 8.79. The summed E-state index contributed by atoms with van der Waals surface area (Å²) in [5, 5.41) is 3.97. The van der Waals surface area contributed by atoms with Gasteiger partial charge in [0.2, 0.25) is 0 Å². The van der Waals surface area contributed by atoms with Crippen molar-refractivity contribution in [3.63, 3.8) is 0 Å². The molecule has 2 heterocycles. The number of hydrogen-bond acceptors (Lipinski definition) is 3. The summed E-state index contributed by atoms with van der Waals surface area (Å²) in [5.74, 6) is 0. The molecule has 1 fully saturated rings. The van der Waals surface area contributed by atoms with Crippen LogP contribution in [0.2, 0.25) is 5.15 Å². The Morgan fingerprint density at radius 2 is 2.36 bits per heavy atom. The second-order valence-electron chi connectivity index (χ2n) is 3.57. The number of nitrogens with zero attached hydrogens (tertiary/aromatic N) is 1. The Morgan fingerprint density at radius 1 is 1.50 bits per heavy atom. The van der Waals surface area contributed by atoms with E-state index in [1.165, 1.54) is 0 Å². The molecule has 1 aliphatic rings. The lowest BCUT2D eigenvalue weighted by Crippen LogP contribution is -2.41. The van der Waals surface area contributed by atoms with E-state index in [1.54, 1.807) is 12.3 Å². The van der Waals surface area contributed by atoms with Gasteiger partial charge in [-0.2, -0.15) is 0 Å². The molecule has 2 atom stereocenters. The standard InChI is InChI=1S/C10H13ClN2O/c1-7-5-14-6-9(13-7)8-2-3-10(11)12-4-8/h2-4,7,9,13H,5-6H2,1H3. The molecular formula is C10H13ClN2O. The van der Waals surface area contributed by atoms with Crippen LogP contribution in [-0.2, 0) is 4.74 Å². The number of hydrogen-bond donors (Lipinski definition) is 1. The number of ether oxygens (including phenoxy) is 1. The first kappa shape index (κ1) is 9.90. The van der Waals surface area contributed by atoms with Gasteiger partial charge in [-0.15, -0.1) is 0 Å². The summed E-state index contributed by atoms with van der Waals surface area (Å²) in [6.45, 7) is 3.58. The number of morpholine rings is 1. The molecule has 1 N–H and O–H groups in total. The van der Waals surface area contributed by atoms with Gasteiger partial charge in [0.1, 0.15) is 5.15 Å². The number of nitrogens with one attached hydrogen (secondary N) is 1. The fourth-order valence-electron chi connectivity index (χ4n) is 1.59. The van der Waals surface area contributed by atoms with E-state index in [0.717, 1.165) is 12.2 Å². The van der Waals surface area contributed by atoms with Crippen LogP contribution < -0.4 is 5.32 Å². The SMILES string of the molecule is CC1COCC(c2ccc(Cl)nc2)N1. The van der Waals surface area contributed by atoms with Crippen LogP contribution in [0.5, 0.6) is 0 Å². The Labute approximate surface area is 88.4 Å². The molecule has 1 saturated heterocycles. The minimum atomic E-state index is 0.239. The molecule has 2 unspecified atom stereocenters. The molecule has 0 saturated carbocycles. The van der Waals surface area contributed by atoms with Crippen molar-refractivity contribution in [2.45, 2.75) is 19.0 Å². The zero-order valence-electron chi connectivity index (χ0n) is 8.03. The molecule has 4 heteroatoms. The summed E-state index contributed by atoms with van der Waals surface area (Å²) < 4.78 is 5.46. The van der Waals surface area contributed by atoms with Gasteiger partial charge in [-0.25, -0.2) is 4.98 Å². The van der Waals surface area contributed by atoms with Crippen LogP contribution in [0.15, 0.2) is 18.3 Å². The molecule has 14 heavy (non-hydrogen) atoms. The van der Waals surface area contributed by atoms with Crippen molar-refractivity contribution in [1.29, 1.82) is 0 Å². The Hall–Kier alpha value is -0.640. The Kier molecular flexibility index (Phi) is 3.01. The second kappa shape index (κ2) is 4.26. The Bertz CT molecular complexity index is 301. The lowest BCUT2D eigenvalue weighted by molar-refractivity contribution is 0.0503. The molecule has 0 aliphatic carbocycles. The van der Waals surface area contributed by atoms with Crippen molar-refractivity contribution in [1.82, 2.24) is 10.3 Å². The van der Waals surface area contributed by atoms with Crippen LogP contribution in [-0.4, -0.2) is 24.2 Å². The minimum Gasteiger partial charge on any atom is -0.378 e. The smallest absolute Gasteiger partial charge is 0.129 e. The van der Waals surface area contributed by atoms with Crippen molar-refractivity contribution >= 4 is 11.6 Å². The molecule has 1 aromatic heterocycles. The second-order valence-corrected chi connectivity index (χ2v) is 3.96. The highest BCUT2D eigenvalue weighted by Gasteiger charge is 2.19. The summed E-state index contributed by atoms with van der Waals surface area (Å²) in [5.41, 5.74) is 1.13. The minimum absolute atomic E-state index is 0.239. The molecule has 0 bridgehead atoms. The van der Waals surface area contributed by atoms with Gasteiger partial charge in [-0.1, -0.05) is 17.7 Å². The van der Waals surface area contributed by atoms with E-state index in [2.05, 4.69) is 17.2 Å². The number of pyridine rings is 1. The highest BCUT2D eigenvalue weighted by molar-refractivity contribution is 6.29. The third kappa shape index (κ3) is 2.23. The van der Waals surface area contributed by atoms with Crippen LogP contribution in [0, 0.1) is 0 Å². The Balaban J connectivity index is 2.10. The van der Waals surface area contributed by atoms with Gasteiger partial charge in [0.15, 0.2) is 0 Å². The molecule has 0 radical (unpaired) electrons. The average Bonchev–Trinajstić information content (AvgIpc) is 2.19. The lowest BCUT2D eigenvalue weighted by atomic mass is 10.1. The first-order chi connectivity index (χ1) is 6.75. The van der Waals surface area contributed by atoms with Gasteiger partial charge in [0.05, 0.1) is 19.3 Å². The van der Waals surface area contributed by atoms with Crippen LogP contribution in [0.3, 0.4) is 0 Å². The van der Waals surface area contributed by atoms with Crippen LogP contribution in [0.4, 0.5) is 0 Å². The number of halogens is 1. The molecule has 3 nitrogen and oxygen atoms in total. The monoisotopic (exact) mass is 212 g/mol. The molecule has 1 aromatic rings. The normalized spacial score (nSPS) is 27.6. The third-order valence-electron chi connectivity index (χ3n) is 2.29. The molecular weight excluding hydrogens is 200 g/mol. The van der Waals surface area contributed by atoms with Crippen LogP contribution >= 0.6 is 11.6 Å². The first-order valence-corrected chi connectivity index (χ1v) is 5.09. The molecule has 1 aliphatic heterocycles. The highest BCUT2D eigenvalue weighted by Crippen LogP contribution is 2.17. The van der Waals surface area contributed by atoms with Gasteiger partial charge in [0, 0.05) is 12.2 Å². The van der Waals surface area contributed by atoms with E-state index in [-0.39, 0.29) is 6.04 Å². The first-order valence-electron chi connectivity index (χ1n) is 4.71. The third-order valence-corrected chi connectivity index (χ3v) is 2.51. The molecule has 0 amide bonds. The fourth-order valence-corrected chi connectivity index (χ4v) is 1.70. The highest BCUT2D eigenvalue weighted by atomic mass is 35.5. The summed E-state index contributed by atoms with van der Waals surface area (Å²) in [6.07, 6.45) is 1.79. The van der Waals surface area contributed by atoms with Crippen molar-refractivity contribution in [3.8, 4) is 0 Å². The number of rotatable bonds is 1. The van der Waals surface area contributed by atoms with E-state index < -0.39 is 0 Å². The topological polar surface area (TPSA) is 34.1 Å². The lowest BCUT2D eigenvalue weighted by Gasteiger charge is -2.28. The van der Waals surface area contributed by atoms with E-state index in [0.29, 0.717) is 17.8 Å². The molecule has 76 valence electrons. The van der Waals surface area contributed by atoms with Crippen LogP contribution in [0.25, 0.3) is 0 Å². The summed E-state index contributed by atoms with van der Waals surface area (Å²) in [4.78, 5) is 4.05. The van der Waals surface area contributed by atoms with Crippen molar-refractivity contribution in [2.75, 3.05) is 13.2 Å². The van der Waals surface area contributed by atoms with Crippen LogP contribution in [0.1, 0.15) is 18.5 Å². The van der Waals surface area contributed by atoms with Gasteiger partial charge in [-0.3, -0.25) is 0 Å². The fraction of sp³-hybridized carbons (Fsp3) is 0.500. The Morgan fingerprint density at radius 3 is 3.00 bits per heavy atom. The maximum atomic E-state index is 5.72. The van der Waals surface area contributed by atoms with E-state index in [4.69, 9.17) is 16.3 Å². The zero-order chi connectivity index (χ0) is 9.97. The summed E-state index contributed by atoms with van der Waals surface area (Å²) >= 11 is 5.72.